The van der Waals surface area contributed by atoms with E-state index >= 15 is 0 Å². The van der Waals surface area contributed by atoms with Gasteiger partial charge in [0, 0.05) is 40.6 Å². The van der Waals surface area contributed by atoms with E-state index < -0.39 is 7.14 Å². The third-order valence-electron chi connectivity index (χ3n) is 4.80. The van der Waals surface area contributed by atoms with E-state index in [0.29, 0.717) is 0 Å². The van der Waals surface area contributed by atoms with Gasteiger partial charge in [0.25, 0.3) is 0 Å². The normalized spacial score (nSPS) is 17.3. The number of hydrogen-bond donors (Lipinski definition) is 0. The van der Waals surface area contributed by atoms with Crippen molar-refractivity contribution in [3.8, 4) is 11.4 Å². The highest BCUT2D eigenvalue weighted by Crippen LogP contribution is 2.45. The maximum Gasteiger partial charge on any atom is 0.117 e. The summed E-state index contributed by atoms with van der Waals surface area (Å²) in [7, 11) is -2.39. The number of rotatable bonds is 1. The van der Waals surface area contributed by atoms with Crippen LogP contribution in [0.4, 0.5) is 0 Å². The fourth-order valence-electron chi connectivity index (χ4n) is 3.25. The molecule has 0 unspecified atom stereocenters. The van der Waals surface area contributed by atoms with Crippen molar-refractivity contribution in [2.24, 2.45) is 0 Å². The molecule has 0 spiro atoms. The zero-order valence-corrected chi connectivity index (χ0v) is 18.2. The first-order chi connectivity index (χ1) is 13.7. The van der Waals surface area contributed by atoms with Crippen molar-refractivity contribution < 1.29 is 4.57 Å². The lowest BCUT2D eigenvalue weighted by molar-refractivity contribution is 0.583. The van der Waals surface area contributed by atoms with Crippen LogP contribution in [0.25, 0.3) is 11.4 Å². The van der Waals surface area contributed by atoms with Gasteiger partial charge in [-0.3, -0.25) is 9.97 Å². The quantitative estimate of drug-likeness (QED) is 0.493. The summed E-state index contributed by atoms with van der Waals surface area (Å²) in [5.74, 6) is 3.43. The van der Waals surface area contributed by atoms with E-state index in [4.69, 9.17) is 9.97 Å². The number of benzene rings is 1. The van der Waals surface area contributed by atoms with Crippen molar-refractivity contribution >= 4 is 36.0 Å². The molecule has 3 heterocycles. The van der Waals surface area contributed by atoms with Gasteiger partial charge in [-0.15, -0.1) is 0 Å². The molecule has 1 aromatic carbocycles. The molecule has 144 valence electrons. The average molecular weight is 427 g/mol. The number of nitrogens with zero attached hydrogens (tertiary/aromatic N) is 2. The molecule has 2 aromatic heterocycles. The van der Waals surface area contributed by atoms with Gasteiger partial charge in [-0.1, -0.05) is 42.5 Å². The van der Waals surface area contributed by atoms with Crippen molar-refractivity contribution in [3.05, 3.63) is 78.1 Å². The van der Waals surface area contributed by atoms with Gasteiger partial charge in [0.1, 0.15) is 7.14 Å². The molecule has 4 bridgehead atoms. The summed E-state index contributed by atoms with van der Waals surface area (Å²) in [6.45, 7) is 0. The Morgan fingerprint density at radius 3 is 1.75 bits per heavy atom. The smallest absolute Gasteiger partial charge is 0.117 e. The van der Waals surface area contributed by atoms with Gasteiger partial charge in [0.15, 0.2) is 0 Å². The molecule has 0 fully saturated rings. The number of hydrogen-bond acceptors (Lipinski definition) is 5. The van der Waals surface area contributed by atoms with Crippen LogP contribution in [0.2, 0.25) is 0 Å². The second-order valence-electron chi connectivity index (χ2n) is 6.81. The number of pyridine rings is 2. The minimum atomic E-state index is -2.39. The van der Waals surface area contributed by atoms with Gasteiger partial charge in [0.05, 0.1) is 22.8 Å². The van der Waals surface area contributed by atoms with E-state index in [1.54, 1.807) is 0 Å². The van der Waals surface area contributed by atoms with Gasteiger partial charge in [0.2, 0.25) is 0 Å². The zero-order chi connectivity index (χ0) is 19.2. The van der Waals surface area contributed by atoms with E-state index in [9.17, 15) is 4.57 Å². The molecule has 0 radical (unpaired) electrons. The molecule has 1 aliphatic heterocycles. The van der Waals surface area contributed by atoms with Crippen LogP contribution in [-0.2, 0) is 16.1 Å². The van der Waals surface area contributed by atoms with Crippen molar-refractivity contribution in [3.63, 3.8) is 0 Å². The maximum atomic E-state index is 13.8. The van der Waals surface area contributed by atoms with Crippen molar-refractivity contribution in [2.45, 2.75) is 11.5 Å². The molecule has 0 saturated heterocycles. The Kier molecular flexibility index (Phi) is 6.56. The molecule has 1 aliphatic rings. The summed E-state index contributed by atoms with van der Waals surface area (Å²) < 4.78 is 13.8. The zero-order valence-electron chi connectivity index (χ0n) is 15.7. The Balaban J connectivity index is 1.60. The van der Waals surface area contributed by atoms with Crippen LogP contribution >= 0.6 is 30.7 Å². The minimum Gasteiger partial charge on any atom is -0.319 e. The molecule has 6 heteroatoms. The fourth-order valence-corrected chi connectivity index (χ4v) is 9.13. The molecular weight excluding hydrogens is 403 g/mol. The van der Waals surface area contributed by atoms with Gasteiger partial charge >= 0.3 is 0 Å². The summed E-state index contributed by atoms with van der Waals surface area (Å²) in [6, 6.07) is 22.3. The average Bonchev–Trinajstić information content (AvgIpc) is 2.75. The maximum absolute atomic E-state index is 13.8. The molecule has 3 nitrogen and oxygen atoms in total. The monoisotopic (exact) mass is 426 g/mol. The largest absolute Gasteiger partial charge is 0.319 e. The lowest BCUT2D eigenvalue weighted by Crippen LogP contribution is -2.13. The Morgan fingerprint density at radius 1 is 0.679 bits per heavy atom. The van der Waals surface area contributed by atoms with Gasteiger partial charge in [-0.2, -0.15) is 23.5 Å². The predicted molar refractivity (Wildman–Crippen MR) is 123 cm³/mol. The fraction of sp³-hybridized carbons (Fsp3) is 0.273. The van der Waals surface area contributed by atoms with Gasteiger partial charge in [-0.05, 0) is 24.3 Å². The predicted octanol–water partition coefficient (Wildman–Crippen LogP) is 5.31. The number of fused-ring (bicyclic) bond motifs is 5. The summed E-state index contributed by atoms with van der Waals surface area (Å²) in [5, 5.41) is 1.01. The molecule has 0 aliphatic carbocycles. The molecule has 0 N–H and O–H groups in total. The van der Waals surface area contributed by atoms with Crippen LogP contribution in [0.3, 0.4) is 0 Å². The van der Waals surface area contributed by atoms with Crippen LogP contribution < -0.4 is 5.30 Å². The second kappa shape index (κ2) is 9.30. The van der Waals surface area contributed by atoms with E-state index in [0.717, 1.165) is 63.4 Å². The molecule has 0 atom stereocenters. The molecule has 28 heavy (non-hydrogen) atoms. The highest BCUT2D eigenvalue weighted by Gasteiger charge is 2.24. The van der Waals surface area contributed by atoms with Crippen LogP contribution in [-0.4, -0.2) is 33.8 Å². The summed E-state index contributed by atoms with van der Waals surface area (Å²) in [6.07, 6.45) is 1.49. The highest BCUT2D eigenvalue weighted by atomic mass is 32.2. The standard InChI is InChI=1S/C22H23N2OPS2/c25-26(20-8-2-1-3-9-20)12-14-27-16-18-6-4-10-21(23-18)22-11-5-7-19(24-22)17-28-15-13-26/h1-11H,12-17H2. The molecule has 3 aromatic rings. The highest BCUT2D eigenvalue weighted by molar-refractivity contribution is 7.99. The summed E-state index contributed by atoms with van der Waals surface area (Å²) in [4.78, 5) is 9.59. The van der Waals surface area contributed by atoms with Crippen molar-refractivity contribution in [2.75, 3.05) is 23.8 Å². The Hall–Kier alpha value is -1.55. The third kappa shape index (κ3) is 4.89. The molecule has 0 saturated carbocycles. The molecule has 4 rings (SSSR count). The topological polar surface area (TPSA) is 42.9 Å². The summed E-state index contributed by atoms with van der Waals surface area (Å²) >= 11 is 3.63. The molecular formula is C22H23N2OPS2. The van der Waals surface area contributed by atoms with Crippen LogP contribution in [0.15, 0.2) is 66.7 Å². The van der Waals surface area contributed by atoms with Gasteiger partial charge in [-0.25, -0.2) is 0 Å². The van der Waals surface area contributed by atoms with Gasteiger partial charge < -0.3 is 4.57 Å². The Bertz CT molecular complexity index is 924. The first-order valence-electron chi connectivity index (χ1n) is 9.44. The van der Waals surface area contributed by atoms with Crippen LogP contribution in [0.5, 0.6) is 0 Å². The van der Waals surface area contributed by atoms with E-state index in [1.807, 2.05) is 78.1 Å². The Morgan fingerprint density at radius 2 is 1.21 bits per heavy atom. The first kappa shape index (κ1) is 19.8. The lowest BCUT2D eigenvalue weighted by atomic mass is 10.2. The molecule has 0 amide bonds. The number of thioether (sulfide) groups is 2. The van der Waals surface area contributed by atoms with Crippen LogP contribution in [0.1, 0.15) is 11.4 Å². The second-order valence-corrected chi connectivity index (χ2v) is 12.2. The van der Waals surface area contributed by atoms with Crippen molar-refractivity contribution in [1.29, 1.82) is 0 Å². The SMILES string of the molecule is O=P1(c2ccccc2)CCSCc2cccc(n2)-c2cccc(n2)CSCC1. The van der Waals surface area contributed by atoms with Crippen molar-refractivity contribution in [1.82, 2.24) is 9.97 Å². The first-order valence-corrected chi connectivity index (χ1v) is 13.8. The van der Waals surface area contributed by atoms with E-state index in [2.05, 4.69) is 12.1 Å². The van der Waals surface area contributed by atoms with E-state index in [1.165, 1.54) is 0 Å². The Labute approximate surface area is 175 Å². The van der Waals surface area contributed by atoms with E-state index in [-0.39, 0.29) is 0 Å². The number of aromatic nitrogens is 2. The summed E-state index contributed by atoms with van der Waals surface area (Å²) in [5.41, 5.74) is 3.95. The third-order valence-corrected chi connectivity index (χ3v) is 10.5. The lowest BCUT2D eigenvalue weighted by Gasteiger charge is -2.18. The minimum absolute atomic E-state index is 0.744. The van der Waals surface area contributed by atoms with Crippen LogP contribution in [0, 0.1) is 0 Å².